The molecule has 0 aromatic rings. The van der Waals surface area contributed by atoms with Gasteiger partial charge in [-0.15, -0.1) is 0 Å². The molecule has 20 heavy (non-hydrogen) atoms. The molecule has 0 aromatic carbocycles. The van der Waals surface area contributed by atoms with Gasteiger partial charge < -0.3 is 9.47 Å². The van der Waals surface area contributed by atoms with Crippen molar-refractivity contribution in [1.29, 1.82) is 5.26 Å². The summed E-state index contributed by atoms with van der Waals surface area (Å²) in [4.78, 5) is 0. The van der Waals surface area contributed by atoms with Crippen molar-refractivity contribution in [3.8, 4) is 6.07 Å². The van der Waals surface area contributed by atoms with E-state index in [1.165, 1.54) is 12.8 Å². The number of hydrogen-bond donors (Lipinski definition) is 1. The summed E-state index contributed by atoms with van der Waals surface area (Å²) in [6.45, 7) is 7.64. The molecule has 4 heteroatoms. The minimum Gasteiger partial charge on any atom is -0.381 e. The molecule has 116 valence electrons. The summed E-state index contributed by atoms with van der Waals surface area (Å²) in [7, 11) is 1.73. The van der Waals surface area contributed by atoms with Crippen molar-refractivity contribution in [3.63, 3.8) is 0 Å². The predicted molar refractivity (Wildman–Crippen MR) is 80.6 cm³/mol. The van der Waals surface area contributed by atoms with Gasteiger partial charge in [-0.3, -0.25) is 5.32 Å². The van der Waals surface area contributed by atoms with Gasteiger partial charge in [0, 0.05) is 26.4 Å². The normalized spacial score (nSPS) is 18.6. The number of nitrogens with zero attached hydrogens (tertiary/aromatic N) is 1. The molecule has 1 unspecified atom stereocenters. The molecule has 4 nitrogen and oxygen atoms in total. The zero-order chi connectivity index (χ0) is 15.1. The second-order valence-electron chi connectivity index (χ2n) is 6.65. The molecule has 0 bridgehead atoms. The maximum Gasteiger partial charge on any atom is 0.104 e. The second-order valence-corrected chi connectivity index (χ2v) is 6.65. The molecule has 1 aliphatic rings. The maximum absolute atomic E-state index is 9.26. The molecule has 0 aliphatic heterocycles. The predicted octanol–water partition coefficient (Wildman–Crippen LogP) is 3.02. The Labute approximate surface area is 123 Å². The summed E-state index contributed by atoms with van der Waals surface area (Å²) in [6, 6.07) is 2.99. The van der Waals surface area contributed by atoms with Crippen molar-refractivity contribution in [3.05, 3.63) is 0 Å². The Morgan fingerprint density at radius 2 is 1.85 bits per heavy atom. The average Bonchev–Trinajstić information content (AvgIpc) is 3.21. The van der Waals surface area contributed by atoms with Crippen molar-refractivity contribution in [2.75, 3.05) is 20.3 Å². The van der Waals surface area contributed by atoms with Gasteiger partial charge in [0.05, 0.1) is 11.7 Å². The molecule has 1 rings (SSSR count). The first-order valence-corrected chi connectivity index (χ1v) is 7.73. The quantitative estimate of drug-likeness (QED) is 0.592. The summed E-state index contributed by atoms with van der Waals surface area (Å²) in [6.07, 6.45) is 6.27. The maximum atomic E-state index is 9.26. The van der Waals surface area contributed by atoms with Crippen molar-refractivity contribution in [2.24, 2.45) is 0 Å². The van der Waals surface area contributed by atoms with Crippen LogP contribution in [0.5, 0.6) is 0 Å². The van der Waals surface area contributed by atoms with Crippen molar-refractivity contribution in [1.82, 2.24) is 5.32 Å². The highest BCUT2D eigenvalue weighted by Gasteiger charge is 2.31. The van der Waals surface area contributed by atoms with Gasteiger partial charge in [-0.05, 0) is 59.3 Å². The molecule has 0 heterocycles. The largest absolute Gasteiger partial charge is 0.381 e. The monoisotopic (exact) mass is 282 g/mol. The fourth-order valence-corrected chi connectivity index (χ4v) is 2.04. The van der Waals surface area contributed by atoms with Crippen LogP contribution in [-0.4, -0.2) is 37.5 Å². The number of hydrogen-bond acceptors (Lipinski definition) is 4. The lowest BCUT2D eigenvalue weighted by molar-refractivity contribution is -0.0102. The van der Waals surface area contributed by atoms with E-state index in [1.54, 1.807) is 7.11 Å². The third-order valence-electron chi connectivity index (χ3n) is 3.96. The minimum absolute atomic E-state index is 0.104. The summed E-state index contributed by atoms with van der Waals surface area (Å²) in [5.41, 5.74) is -0.466. The van der Waals surface area contributed by atoms with Gasteiger partial charge in [0.2, 0.25) is 0 Å². The van der Waals surface area contributed by atoms with Crippen LogP contribution < -0.4 is 5.32 Å². The summed E-state index contributed by atoms with van der Waals surface area (Å²) < 4.78 is 11.0. The van der Waals surface area contributed by atoms with Crippen LogP contribution >= 0.6 is 0 Å². The van der Waals surface area contributed by atoms with E-state index < -0.39 is 0 Å². The van der Waals surface area contributed by atoms with Crippen LogP contribution in [0.25, 0.3) is 0 Å². The Morgan fingerprint density at radius 3 is 2.40 bits per heavy atom. The van der Waals surface area contributed by atoms with Gasteiger partial charge in [0.25, 0.3) is 0 Å². The highest BCUT2D eigenvalue weighted by molar-refractivity contribution is 5.06. The number of methoxy groups -OCH3 is 1. The van der Waals surface area contributed by atoms with Crippen molar-refractivity contribution >= 4 is 0 Å². The van der Waals surface area contributed by atoms with Crippen molar-refractivity contribution in [2.45, 2.75) is 76.5 Å². The van der Waals surface area contributed by atoms with Gasteiger partial charge in [-0.1, -0.05) is 0 Å². The SMILES string of the molecule is COC(C)(C)CCOCCCCC(C)(C#N)NC1CC1. The zero-order valence-corrected chi connectivity index (χ0v) is 13.5. The fraction of sp³-hybridized carbons (Fsp3) is 0.938. The Hall–Kier alpha value is -0.630. The molecule has 0 saturated heterocycles. The van der Waals surface area contributed by atoms with Crippen LogP contribution in [0.1, 0.15) is 59.3 Å². The lowest BCUT2D eigenvalue weighted by atomic mass is 9.96. The number of nitrogens with one attached hydrogen (secondary N) is 1. The van der Waals surface area contributed by atoms with E-state index in [9.17, 15) is 5.26 Å². The van der Waals surface area contributed by atoms with E-state index in [4.69, 9.17) is 9.47 Å². The summed E-state index contributed by atoms with van der Waals surface area (Å²) in [5.74, 6) is 0. The molecule has 0 aromatic heterocycles. The summed E-state index contributed by atoms with van der Waals surface area (Å²) in [5, 5.41) is 12.7. The Kier molecular flexibility index (Phi) is 6.94. The lowest BCUT2D eigenvalue weighted by Gasteiger charge is -2.23. The Morgan fingerprint density at radius 1 is 1.15 bits per heavy atom. The molecule has 1 atom stereocenters. The van der Waals surface area contributed by atoms with Gasteiger partial charge in [0.1, 0.15) is 5.54 Å². The van der Waals surface area contributed by atoms with Crippen LogP contribution in [0.3, 0.4) is 0 Å². The van der Waals surface area contributed by atoms with Crippen LogP contribution in [0.4, 0.5) is 0 Å². The molecule has 1 fully saturated rings. The Balaban J connectivity index is 2.02. The van der Waals surface area contributed by atoms with Crippen LogP contribution in [-0.2, 0) is 9.47 Å². The third kappa shape index (κ3) is 7.23. The first-order valence-electron chi connectivity index (χ1n) is 7.73. The number of nitriles is 1. The Bertz CT molecular complexity index is 321. The van der Waals surface area contributed by atoms with Crippen LogP contribution in [0.15, 0.2) is 0 Å². The minimum atomic E-state index is -0.362. The number of unbranched alkanes of at least 4 members (excludes halogenated alkanes) is 1. The number of ether oxygens (including phenoxy) is 2. The topological polar surface area (TPSA) is 54.3 Å². The second kappa shape index (κ2) is 7.97. The van der Waals surface area contributed by atoms with Crippen molar-refractivity contribution < 1.29 is 9.47 Å². The van der Waals surface area contributed by atoms with E-state index in [0.717, 1.165) is 38.9 Å². The molecule has 0 radical (unpaired) electrons. The third-order valence-corrected chi connectivity index (χ3v) is 3.96. The summed E-state index contributed by atoms with van der Waals surface area (Å²) >= 11 is 0. The molecule has 0 spiro atoms. The van der Waals surface area contributed by atoms with E-state index in [2.05, 4.69) is 25.2 Å². The van der Waals surface area contributed by atoms with Crippen LogP contribution in [0, 0.1) is 11.3 Å². The van der Waals surface area contributed by atoms with Crippen LogP contribution in [0.2, 0.25) is 0 Å². The first kappa shape index (κ1) is 17.4. The standard InChI is InChI=1S/C16H30N2O2/c1-15(2,19-4)10-12-20-11-6-5-9-16(3,13-17)18-14-7-8-14/h14,18H,5-12H2,1-4H3. The van der Waals surface area contributed by atoms with Gasteiger partial charge in [-0.2, -0.15) is 5.26 Å². The molecular weight excluding hydrogens is 252 g/mol. The number of rotatable bonds is 11. The van der Waals surface area contributed by atoms with E-state index in [-0.39, 0.29) is 11.1 Å². The first-order chi connectivity index (χ1) is 9.41. The molecule has 1 saturated carbocycles. The van der Waals surface area contributed by atoms with Gasteiger partial charge in [-0.25, -0.2) is 0 Å². The van der Waals surface area contributed by atoms with E-state index >= 15 is 0 Å². The van der Waals surface area contributed by atoms with Gasteiger partial charge in [0.15, 0.2) is 0 Å². The molecule has 0 amide bonds. The highest BCUT2D eigenvalue weighted by atomic mass is 16.5. The zero-order valence-electron chi connectivity index (χ0n) is 13.5. The molecular formula is C16H30N2O2. The lowest BCUT2D eigenvalue weighted by Crippen LogP contribution is -2.42. The average molecular weight is 282 g/mol. The molecule has 1 N–H and O–H groups in total. The smallest absolute Gasteiger partial charge is 0.104 e. The van der Waals surface area contributed by atoms with Gasteiger partial charge >= 0.3 is 0 Å². The van der Waals surface area contributed by atoms with E-state index in [0.29, 0.717) is 6.04 Å². The van der Waals surface area contributed by atoms with E-state index in [1.807, 2.05) is 6.92 Å². The fourth-order valence-electron chi connectivity index (χ4n) is 2.04. The molecule has 1 aliphatic carbocycles. The highest BCUT2D eigenvalue weighted by Crippen LogP contribution is 2.24.